The molecule has 1 N–H and O–H groups in total. The molecule has 2 unspecified atom stereocenters. The van der Waals surface area contributed by atoms with E-state index in [-0.39, 0.29) is 0 Å². The Balaban J connectivity index is 1.92. The van der Waals surface area contributed by atoms with E-state index in [1.807, 2.05) is 11.7 Å². The summed E-state index contributed by atoms with van der Waals surface area (Å²) in [5.41, 5.74) is 2.61. The second-order valence-electron chi connectivity index (χ2n) is 5.38. The van der Waals surface area contributed by atoms with Crippen molar-refractivity contribution < 1.29 is 0 Å². The van der Waals surface area contributed by atoms with Gasteiger partial charge < -0.3 is 5.32 Å². The second kappa shape index (κ2) is 5.67. The Hall–Kier alpha value is -0.830. The highest BCUT2D eigenvalue weighted by Crippen LogP contribution is 2.24. The smallest absolute Gasteiger partial charge is 0.0666 e. The number of hydrogen-bond donors (Lipinski definition) is 1. The van der Waals surface area contributed by atoms with Crippen molar-refractivity contribution in [3.05, 3.63) is 17.5 Å². The predicted molar refractivity (Wildman–Crippen MR) is 70.8 cm³/mol. The molecule has 1 saturated carbocycles. The van der Waals surface area contributed by atoms with Crippen molar-refractivity contribution in [2.24, 2.45) is 13.0 Å². The third-order valence-corrected chi connectivity index (χ3v) is 3.99. The molecule has 1 aromatic rings. The van der Waals surface area contributed by atoms with Crippen LogP contribution in [0.2, 0.25) is 0 Å². The maximum atomic E-state index is 4.49. The summed E-state index contributed by atoms with van der Waals surface area (Å²) in [7, 11) is 2.01. The van der Waals surface area contributed by atoms with Gasteiger partial charge >= 0.3 is 0 Å². The zero-order valence-corrected chi connectivity index (χ0v) is 11.4. The normalized spacial score (nSPS) is 25.1. The first-order chi connectivity index (χ1) is 8.20. The lowest BCUT2D eigenvalue weighted by Gasteiger charge is -2.29. The van der Waals surface area contributed by atoms with Crippen LogP contribution in [0.4, 0.5) is 0 Å². The van der Waals surface area contributed by atoms with Crippen molar-refractivity contribution in [1.82, 2.24) is 15.1 Å². The van der Waals surface area contributed by atoms with Crippen molar-refractivity contribution >= 4 is 0 Å². The lowest BCUT2D eigenvalue weighted by molar-refractivity contribution is 0.279. The molecule has 0 aromatic carbocycles. The summed E-state index contributed by atoms with van der Waals surface area (Å²) in [6, 6.07) is 0.702. The van der Waals surface area contributed by atoms with Crippen LogP contribution in [0.3, 0.4) is 0 Å². The number of nitrogens with zero attached hydrogens (tertiary/aromatic N) is 2. The van der Waals surface area contributed by atoms with Gasteiger partial charge in [0.2, 0.25) is 0 Å². The van der Waals surface area contributed by atoms with E-state index in [0.717, 1.165) is 18.9 Å². The van der Waals surface area contributed by atoms with E-state index in [2.05, 4.69) is 30.5 Å². The van der Waals surface area contributed by atoms with Crippen molar-refractivity contribution in [3.8, 4) is 0 Å². The number of nitrogens with one attached hydrogen (secondary N) is 1. The topological polar surface area (TPSA) is 29.9 Å². The Kier molecular flexibility index (Phi) is 4.21. The maximum absolute atomic E-state index is 4.49. The molecule has 0 saturated heterocycles. The molecule has 0 radical (unpaired) electrons. The average Bonchev–Trinajstić information content (AvgIpc) is 2.69. The van der Waals surface area contributed by atoms with Crippen LogP contribution < -0.4 is 5.32 Å². The van der Waals surface area contributed by atoms with Gasteiger partial charge in [-0.05, 0) is 25.2 Å². The molecule has 1 heterocycles. The molecule has 2 atom stereocenters. The molecule has 0 amide bonds. The van der Waals surface area contributed by atoms with Gasteiger partial charge in [0.1, 0.15) is 0 Å². The Labute approximate surface area is 105 Å². The van der Waals surface area contributed by atoms with E-state index in [0.29, 0.717) is 6.04 Å². The van der Waals surface area contributed by atoms with Gasteiger partial charge in [0.15, 0.2) is 0 Å². The number of aromatic nitrogens is 2. The maximum Gasteiger partial charge on any atom is 0.0666 e. The highest BCUT2D eigenvalue weighted by atomic mass is 15.3. The molecular weight excluding hydrogens is 210 g/mol. The molecule has 1 aliphatic carbocycles. The molecule has 1 aromatic heterocycles. The summed E-state index contributed by atoms with van der Waals surface area (Å²) in [6.07, 6.45) is 8.69. The first-order valence-electron chi connectivity index (χ1n) is 6.95. The van der Waals surface area contributed by atoms with Crippen molar-refractivity contribution in [1.29, 1.82) is 0 Å². The zero-order valence-electron chi connectivity index (χ0n) is 11.4. The fraction of sp³-hybridized carbons (Fsp3) is 0.786. The molecule has 96 valence electrons. The summed E-state index contributed by atoms with van der Waals surface area (Å²) >= 11 is 0. The van der Waals surface area contributed by atoms with Crippen LogP contribution in [0.5, 0.6) is 0 Å². The van der Waals surface area contributed by atoms with E-state index in [4.69, 9.17) is 0 Å². The minimum Gasteiger partial charge on any atom is -0.310 e. The minimum atomic E-state index is 0.702. The number of rotatable bonds is 4. The van der Waals surface area contributed by atoms with Gasteiger partial charge in [-0.15, -0.1) is 0 Å². The molecule has 1 aliphatic rings. The molecule has 0 spiro atoms. The summed E-state index contributed by atoms with van der Waals surface area (Å²) < 4.78 is 1.93. The molecule has 17 heavy (non-hydrogen) atoms. The van der Waals surface area contributed by atoms with E-state index in [1.165, 1.54) is 36.9 Å². The van der Waals surface area contributed by atoms with E-state index < -0.39 is 0 Å². The lowest BCUT2D eigenvalue weighted by Crippen LogP contribution is -2.36. The van der Waals surface area contributed by atoms with Gasteiger partial charge in [-0.2, -0.15) is 5.10 Å². The zero-order chi connectivity index (χ0) is 12.3. The molecule has 3 heteroatoms. The van der Waals surface area contributed by atoms with Crippen LogP contribution in [0.1, 0.15) is 50.8 Å². The fourth-order valence-corrected chi connectivity index (χ4v) is 2.89. The number of hydrogen-bond acceptors (Lipinski definition) is 2. The lowest BCUT2D eigenvalue weighted by atomic mass is 9.86. The molecular formula is C14H25N3. The summed E-state index contributed by atoms with van der Waals surface area (Å²) in [5, 5.41) is 8.21. The third kappa shape index (κ3) is 3.09. The van der Waals surface area contributed by atoms with Gasteiger partial charge in [0.05, 0.1) is 5.69 Å². The van der Waals surface area contributed by atoms with Crippen molar-refractivity contribution in [2.75, 3.05) is 0 Å². The first kappa shape index (κ1) is 12.6. The van der Waals surface area contributed by atoms with E-state index in [9.17, 15) is 0 Å². The monoisotopic (exact) mass is 235 g/mol. The van der Waals surface area contributed by atoms with Crippen molar-refractivity contribution in [2.45, 2.75) is 58.5 Å². The second-order valence-corrected chi connectivity index (χ2v) is 5.38. The third-order valence-electron chi connectivity index (χ3n) is 3.99. The van der Waals surface area contributed by atoms with Gasteiger partial charge in [-0.25, -0.2) is 0 Å². The van der Waals surface area contributed by atoms with Crippen LogP contribution in [0.15, 0.2) is 6.20 Å². The Morgan fingerprint density at radius 2 is 2.18 bits per heavy atom. The van der Waals surface area contributed by atoms with Crippen LogP contribution in [-0.2, 0) is 20.0 Å². The highest BCUT2D eigenvalue weighted by Gasteiger charge is 2.20. The average molecular weight is 235 g/mol. The molecule has 0 aliphatic heterocycles. The quantitative estimate of drug-likeness (QED) is 0.869. The van der Waals surface area contributed by atoms with Gasteiger partial charge in [0.25, 0.3) is 0 Å². The van der Waals surface area contributed by atoms with Crippen LogP contribution >= 0.6 is 0 Å². The van der Waals surface area contributed by atoms with Crippen LogP contribution in [0.25, 0.3) is 0 Å². The van der Waals surface area contributed by atoms with Crippen LogP contribution in [0, 0.1) is 5.92 Å². The molecule has 3 nitrogen and oxygen atoms in total. The van der Waals surface area contributed by atoms with E-state index >= 15 is 0 Å². The SMILES string of the molecule is CCc1nn(C)cc1CNC1CCCCC1C. The predicted octanol–water partition coefficient (Wildman–Crippen LogP) is 2.65. The van der Waals surface area contributed by atoms with Gasteiger partial charge in [-0.3, -0.25) is 4.68 Å². The van der Waals surface area contributed by atoms with Gasteiger partial charge in [0, 0.05) is 31.4 Å². The summed E-state index contributed by atoms with van der Waals surface area (Å²) in [4.78, 5) is 0. The van der Waals surface area contributed by atoms with Crippen LogP contribution in [-0.4, -0.2) is 15.8 Å². The minimum absolute atomic E-state index is 0.702. The van der Waals surface area contributed by atoms with E-state index in [1.54, 1.807) is 0 Å². The molecule has 1 fully saturated rings. The Bertz CT molecular complexity index is 356. The largest absolute Gasteiger partial charge is 0.310 e. The standard InChI is InChI=1S/C14H25N3/c1-4-13-12(10-17(3)16-13)9-15-14-8-6-5-7-11(14)2/h10-11,14-15H,4-9H2,1-3H3. The Morgan fingerprint density at radius 1 is 1.41 bits per heavy atom. The fourth-order valence-electron chi connectivity index (χ4n) is 2.89. The molecule has 0 bridgehead atoms. The summed E-state index contributed by atoms with van der Waals surface area (Å²) in [5.74, 6) is 0.825. The molecule has 2 rings (SSSR count). The highest BCUT2D eigenvalue weighted by molar-refractivity contribution is 5.16. The summed E-state index contributed by atoms with van der Waals surface area (Å²) in [6.45, 7) is 5.53. The number of aryl methyl sites for hydroxylation is 2. The Morgan fingerprint density at radius 3 is 2.88 bits per heavy atom. The first-order valence-corrected chi connectivity index (χ1v) is 6.95. The van der Waals surface area contributed by atoms with Gasteiger partial charge in [-0.1, -0.05) is 26.7 Å². The van der Waals surface area contributed by atoms with Crippen molar-refractivity contribution in [3.63, 3.8) is 0 Å².